The number of amides is 1. The third kappa shape index (κ3) is 3.56. The van der Waals surface area contributed by atoms with Crippen LogP contribution in [0, 0.1) is 0 Å². The van der Waals surface area contributed by atoms with Gasteiger partial charge < -0.3 is 10.0 Å². The molecule has 2 atom stereocenters. The van der Waals surface area contributed by atoms with E-state index in [4.69, 9.17) is 0 Å². The van der Waals surface area contributed by atoms with Crippen molar-refractivity contribution in [3.63, 3.8) is 0 Å². The van der Waals surface area contributed by atoms with Gasteiger partial charge in [0, 0.05) is 12.1 Å². The van der Waals surface area contributed by atoms with Gasteiger partial charge in [0.25, 0.3) is 5.91 Å². The molecule has 0 saturated carbocycles. The number of hydrogen-bond donors (Lipinski definition) is 1. The van der Waals surface area contributed by atoms with Crippen LogP contribution < -0.4 is 0 Å². The Balaban J connectivity index is 2.26. The lowest BCUT2D eigenvalue weighted by molar-refractivity contribution is -0.137. The van der Waals surface area contributed by atoms with E-state index in [-0.39, 0.29) is 11.6 Å². The van der Waals surface area contributed by atoms with Gasteiger partial charge in [0.15, 0.2) is 0 Å². The monoisotopic (exact) mass is 301 g/mol. The van der Waals surface area contributed by atoms with Crippen LogP contribution in [0.15, 0.2) is 24.3 Å². The van der Waals surface area contributed by atoms with E-state index in [9.17, 15) is 23.1 Å². The lowest BCUT2D eigenvalue weighted by Crippen LogP contribution is -2.48. The molecule has 1 aliphatic rings. The summed E-state index contributed by atoms with van der Waals surface area (Å²) in [7, 11) is 0. The van der Waals surface area contributed by atoms with E-state index in [1.807, 2.05) is 0 Å². The van der Waals surface area contributed by atoms with Crippen molar-refractivity contribution >= 4 is 5.91 Å². The van der Waals surface area contributed by atoms with Gasteiger partial charge in [0.2, 0.25) is 0 Å². The minimum Gasteiger partial charge on any atom is -0.391 e. The van der Waals surface area contributed by atoms with Gasteiger partial charge in [-0.1, -0.05) is 6.07 Å². The van der Waals surface area contributed by atoms with Gasteiger partial charge in [0.1, 0.15) is 0 Å². The van der Waals surface area contributed by atoms with Crippen LogP contribution in [0.2, 0.25) is 0 Å². The molecule has 1 N–H and O–H groups in total. The van der Waals surface area contributed by atoms with Crippen LogP contribution in [0.1, 0.15) is 42.1 Å². The van der Waals surface area contributed by atoms with Crippen LogP contribution >= 0.6 is 0 Å². The molecule has 1 aromatic carbocycles. The van der Waals surface area contributed by atoms with Gasteiger partial charge >= 0.3 is 6.18 Å². The van der Waals surface area contributed by atoms with E-state index in [1.165, 1.54) is 17.0 Å². The highest BCUT2D eigenvalue weighted by Gasteiger charge is 2.33. The number of alkyl halides is 3. The van der Waals surface area contributed by atoms with Gasteiger partial charge in [-0.3, -0.25) is 4.79 Å². The number of carbonyl (C=O) groups is 1. The fraction of sp³-hybridized carbons (Fsp3) is 0.533. The zero-order valence-corrected chi connectivity index (χ0v) is 11.7. The summed E-state index contributed by atoms with van der Waals surface area (Å²) in [5, 5.41) is 9.75. The third-order valence-corrected chi connectivity index (χ3v) is 3.80. The highest BCUT2D eigenvalue weighted by Crippen LogP contribution is 2.30. The van der Waals surface area contributed by atoms with Crippen molar-refractivity contribution in [2.45, 2.75) is 44.5 Å². The topological polar surface area (TPSA) is 40.5 Å². The zero-order valence-electron chi connectivity index (χ0n) is 11.7. The number of carbonyl (C=O) groups excluding carboxylic acids is 1. The SMILES string of the molecule is C[C@H](O)[C@H]1CCCCN1C(=O)c1cccc(C(F)(F)F)c1. The Morgan fingerprint density at radius 2 is 2.10 bits per heavy atom. The predicted molar refractivity (Wildman–Crippen MR) is 71.8 cm³/mol. The Kier molecular flexibility index (Phi) is 4.56. The van der Waals surface area contributed by atoms with Gasteiger partial charge in [-0.25, -0.2) is 0 Å². The molecule has 1 aromatic rings. The molecular formula is C15H18F3NO2. The van der Waals surface area contributed by atoms with E-state index in [0.717, 1.165) is 25.0 Å². The first-order valence-corrected chi connectivity index (χ1v) is 6.97. The molecule has 2 rings (SSSR count). The summed E-state index contributed by atoms with van der Waals surface area (Å²) >= 11 is 0. The predicted octanol–water partition coefficient (Wildman–Crippen LogP) is 3.08. The molecule has 0 bridgehead atoms. The number of rotatable bonds is 2. The summed E-state index contributed by atoms with van der Waals surface area (Å²) < 4.78 is 38.1. The second-order valence-electron chi connectivity index (χ2n) is 5.38. The van der Waals surface area contributed by atoms with Crippen LogP contribution in [-0.4, -0.2) is 34.6 Å². The summed E-state index contributed by atoms with van der Waals surface area (Å²) in [4.78, 5) is 13.9. The minimum absolute atomic E-state index is 0.0115. The van der Waals surface area contributed by atoms with Crippen molar-refractivity contribution < 1.29 is 23.1 Å². The summed E-state index contributed by atoms with van der Waals surface area (Å²) in [6.07, 6.45) is -2.79. The van der Waals surface area contributed by atoms with Crippen LogP contribution in [0.25, 0.3) is 0 Å². The quantitative estimate of drug-likeness (QED) is 0.912. The molecule has 21 heavy (non-hydrogen) atoms. The number of piperidine rings is 1. The number of likely N-dealkylation sites (tertiary alicyclic amines) is 1. The van der Waals surface area contributed by atoms with Gasteiger partial charge in [-0.15, -0.1) is 0 Å². The number of aliphatic hydroxyl groups excluding tert-OH is 1. The van der Waals surface area contributed by atoms with E-state index in [0.29, 0.717) is 13.0 Å². The van der Waals surface area contributed by atoms with Gasteiger partial charge in [-0.2, -0.15) is 13.2 Å². The molecule has 1 fully saturated rings. The average Bonchev–Trinajstić information content (AvgIpc) is 2.45. The third-order valence-electron chi connectivity index (χ3n) is 3.80. The first kappa shape index (κ1) is 15.8. The maximum atomic E-state index is 12.7. The molecule has 0 aliphatic carbocycles. The van der Waals surface area contributed by atoms with Crippen molar-refractivity contribution in [3.05, 3.63) is 35.4 Å². The second kappa shape index (κ2) is 6.05. The Bertz CT molecular complexity index is 514. The van der Waals surface area contributed by atoms with Crippen molar-refractivity contribution in [1.82, 2.24) is 4.90 Å². The molecule has 0 radical (unpaired) electrons. The number of halogens is 3. The molecule has 0 spiro atoms. The molecule has 0 aromatic heterocycles. The Morgan fingerprint density at radius 1 is 1.38 bits per heavy atom. The molecule has 6 heteroatoms. The van der Waals surface area contributed by atoms with Crippen LogP contribution in [-0.2, 0) is 6.18 Å². The average molecular weight is 301 g/mol. The van der Waals surface area contributed by atoms with Crippen LogP contribution in [0.5, 0.6) is 0 Å². The Labute approximate surface area is 121 Å². The van der Waals surface area contributed by atoms with Crippen LogP contribution in [0.3, 0.4) is 0 Å². The molecule has 1 aliphatic heterocycles. The zero-order chi connectivity index (χ0) is 15.6. The summed E-state index contributed by atoms with van der Waals surface area (Å²) in [5.41, 5.74) is -0.823. The standard InChI is InChI=1S/C15H18F3NO2/c1-10(20)13-7-2-3-8-19(13)14(21)11-5-4-6-12(9-11)15(16,17)18/h4-6,9-10,13,20H,2-3,7-8H2,1H3/t10-,13+/m0/s1. The van der Waals surface area contributed by atoms with Gasteiger partial charge in [-0.05, 0) is 44.4 Å². The van der Waals surface area contributed by atoms with Crippen molar-refractivity contribution in [2.24, 2.45) is 0 Å². The molecule has 1 amide bonds. The van der Waals surface area contributed by atoms with E-state index < -0.39 is 23.8 Å². The number of benzene rings is 1. The summed E-state index contributed by atoms with van der Waals surface area (Å²) in [6, 6.07) is 4.10. The molecule has 116 valence electrons. The Morgan fingerprint density at radius 3 is 2.71 bits per heavy atom. The van der Waals surface area contributed by atoms with Crippen molar-refractivity contribution in [3.8, 4) is 0 Å². The lowest BCUT2D eigenvalue weighted by atomic mass is 9.97. The molecule has 0 unspecified atom stereocenters. The molecule has 1 heterocycles. The smallest absolute Gasteiger partial charge is 0.391 e. The first-order valence-electron chi connectivity index (χ1n) is 6.97. The fourth-order valence-electron chi connectivity index (χ4n) is 2.71. The van der Waals surface area contributed by atoms with E-state index in [2.05, 4.69) is 0 Å². The first-order chi connectivity index (χ1) is 9.80. The summed E-state index contributed by atoms with van der Waals surface area (Å²) in [5.74, 6) is -0.452. The number of nitrogens with zero attached hydrogens (tertiary/aromatic N) is 1. The minimum atomic E-state index is -4.47. The number of hydrogen-bond acceptors (Lipinski definition) is 2. The molecule has 3 nitrogen and oxygen atoms in total. The number of aliphatic hydroxyl groups is 1. The second-order valence-corrected chi connectivity index (χ2v) is 5.38. The highest BCUT2D eigenvalue weighted by atomic mass is 19.4. The maximum Gasteiger partial charge on any atom is 0.416 e. The normalized spacial score (nSPS) is 21.2. The van der Waals surface area contributed by atoms with E-state index >= 15 is 0 Å². The summed E-state index contributed by atoms with van der Waals surface area (Å²) in [6.45, 7) is 2.06. The highest BCUT2D eigenvalue weighted by molar-refractivity contribution is 5.94. The van der Waals surface area contributed by atoms with Gasteiger partial charge in [0.05, 0.1) is 17.7 Å². The lowest BCUT2D eigenvalue weighted by Gasteiger charge is -2.37. The van der Waals surface area contributed by atoms with Crippen molar-refractivity contribution in [2.75, 3.05) is 6.54 Å². The Hall–Kier alpha value is -1.56. The molecule has 1 saturated heterocycles. The van der Waals surface area contributed by atoms with E-state index in [1.54, 1.807) is 6.92 Å². The maximum absolute atomic E-state index is 12.7. The fourth-order valence-corrected chi connectivity index (χ4v) is 2.71. The van der Waals surface area contributed by atoms with Crippen LogP contribution in [0.4, 0.5) is 13.2 Å². The largest absolute Gasteiger partial charge is 0.416 e. The van der Waals surface area contributed by atoms with Crippen molar-refractivity contribution in [1.29, 1.82) is 0 Å². The molecular weight excluding hydrogens is 283 g/mol.